The average Bonchev–Trinajstić information content (AvgIpc) is 2.93. The summed E-state index contributed by atoms with van der Waals surface area (Å²) in [4.78, 5) is 22.1. The second-order valence-corrected chi connectivity index (χ2v) is 4.27. The molecule has 0 saturated carbocycles. The SMILES string of the molecule is CCc1cc(NC(=O)/C=C/c2ccccc2[N+](=O)[O-])n[nH]1. The molecule has 0 saturated heterocycles. The maximum atomic E-state index is 11.7. The van der Waals surface area contributed by atoms with Crippen LogP contribution in [0.4, 0.5) is 11.5 Å². The minimum atomic E-state index is -0.487. The molecule has 1 aromatic carbocycles. The quantitative estimate of drug-likeness (QED) is 0.501. The first kappa shape index (κ1) is 14.4. The topological polar surface area (TPSA) is 101 Å². The van der Waals surface area contributed by atoms with Gasteiger partial charge in [0.1, 0.15) is 0 Å². The first-order chi connectivity index (χ1) is 10.1. The van der Waals surface area contributed by atoms with Gasteiger partial charge >= 0.3 is 0 Å². The lowest BCUT2D eigenvalue weighted by molar-refractivity contribution is -0.385. The molecule has 21 heavy (non-hydrogen) atoms. The molecule has 0 spiro atoms. The van der Waals surface area contributed by atoms with E-state index in [4.69, 9.17) is 0 Å². The number of amides is 1. The van der Waals surface area contributed by atoms with E-state index >= 15 is 0 Å². The van der Waals surface area contributed by atoms with Crippen molar-refractivity contribution in [2.75, 3.05) is 5.32 Å². The molecule has 108 valence electrons. The van der Waals surface area contributed by atoms with Crippen molar-refractivity contribution in [1.82, 2.24) is 10.2 Å². The van der Waals surface area contributed by atoms with Crippen LogP contribution >= 0.6 is 0 Å². The van der Waals surface area contributed by atoms with Crippen molar-refractivity contribution in [1.29, 1.82) is 0 Å². The summed E-state index contributed by atoms with van der Waals surface area (Å²) in [5, 5.41) is 20.1. The third kappa shape index (κ3) is 3.75. The Morgan fingerprint density at radius 2 is 2.24 bits per heavy atom. The van der Waals surface area contributed by atoms with Crippen molar-refractivity contribution in [3.63, 3.8) is 0 Å². The third-order valence-electron chi connectivity index (χ3n) is 2.81. The van der Waals surface area contributed by atoms with Gasteiger partial charge in [0.05, 0.1) is 10.5 Å². The molecule has 2 N–H and O–H groups in total. The molecule has 0 bridgehead atoms. The number of aromatic nitrogens is 2. The number of anilines is 1. The Hall–Kier alpha value is -2.96. The van der Waals surface area contributed by atoms with Crippen LogP contribution in [0.3, 0.4) is 0 Å². The maximum Gasteiger partial charge on any atom is 0.276 e. The van der Waals surface area contributed by atoms with E-state index < -0.39 is 10.8 Å². The van der Waals surface area contributed by atoms with E-state index in [1.165, 1.54) is 18.2 Å². The Bertz CT molecular complexity index is 691. The number of aromatic amines is 1. The highest BCUT2D eigenvalue weighted by atomic mass is 16.6. The number of carbonyl (C=O) groups excluding carboxylic acids is 1. The zero-order valence-electron chi connectivity index (χ0n) is 11.4. The van der Waals surface area contributed by atoms with Crippen LogP contribution in [0.5, 0.6) is 0 Å². The molecular formula is C14H14N4O3. The highest BCUT2D eigenvalue weighted by molar-refractivity contribution is 6.01. The van der Waals surface area contributed by atoms with Gasteiger partial charge in [-0.25, -0.2) is 0 Å². The van der Waals surface area contributed by atoms with Gasteiger partial charge in [0, 0.05) is 23.9 Å². The standard InChI is InChI=1S/C14H14N4O3/c1-2-11-9-13(17-16-11)15-14(19)8-7-10-5-3-4-6-12(10)18(20)21/h3-9H,2H2,1H3,(H2,15,16,17,19)/b8-7+. The van der Waals surface area contributed by atoms with E-state index in [1.54, 1.807) is 24.3 Å². The molecule has 1 amide bonds. The Labute approximate surface area is 120 Å². The first-order valence-electron chi connectivity index (χ1n) is 6.37. The minimum Gasteiger partial charge on any atom is -0.306 e. The normalized spacial score (nSPS) is 10.7. The molecule has 0 atom stereocenters. The maximum absolute atomic E-state index is 11.7. The van der Waals surface area contributed by atoms with Gasteiger partial charge in [-0.2, -0.15) is 5.10 Å². The summed E-state index contributed by atoms with van der Waals surface area (Å²) < 4.78 is 0. The Balaban J connectivity index is 2.07. The molecule has 1 aromatic heterocycles. The van der Waals surface area contributed by atoms with E-state index in [0.717, 1.165) is 12.1 Å². The highest BCUT2D eigenvalue weighted by Crippen LogP contribution is 2.18. The number of rotatable bonds is 5. The summed E-state index contributed by atoms with van der Waals surface area (Å²) >= 11 is 0. The molecule has 0 fully saturated rings. The summed E-state index contributed by atoms with van der Waals surface area (Å²) in [6, 6.07) is 7.94. The average molecular weight is 286 g/mol. The number of hydrogen-bond acceptors (Lipinski definition) is 4. The lowest BCUT2D eigenvalue weighted by Gasteiger charge is -1.97. The van der Waals surface area contributed by atoms with E-state index in [-0.39, 0.29) is 5.69 Å². The monoisotopic (exact) mass is 286 g/mol. The zero-order valence-corrected chi connectivity index (χ0v) is 11.4. The molecule has 0 unspecified atom stereocenters. The summed E-state index contributed by atoms with van der Waals surface area (Å²) in [5.74, 6) is 0.0198. The van der Waals surface area contributed by atoms with Crippen LogP contribution in [0.15, 0.2) is 36.4 Å². The van der Waals surface area contributed by atoms with Crippen molar-refractivity contribution in [2.24, 2.45) is 0 Å². The number of nitrogens with zero attached hydrogens (tertiary/aromatic N) is 2. The molecule has 0 aliphatic heterocycles. The molecule has 0 aliphatic carbocycles. The van der Waals surface area contributed by atoms with Crippen molar-refractivity contribution < 1.29 is 9.72 Å². The number of carbonyl (C=O) groups is 1. The lowest BCUT2D eigenvalue weighted by atomic mass is 10.1. The lowest BCUT2D eigenvalue weighted by Crippen LogP contribution is -2.08. The number of aryl methyl sites for hydroxylation is 1. The fourth-order valence-electron chi connectivity index (χ4n) is 1.73. The number of H-pyrrole nitrogens is 1. The number of para-hydroxylation sites is 1. The van der Waals surface area contributed by atoms with E-state index in [2.05, 4.69) is 15.5 Å². The van der Waals surface area contributed by atoms with Gasteiger partial charge in [-0.05, 0) is 18.6 Å². The van der Waals surface area contributed by atoms with Crippen molar-refractivity contribution in [3.8, 4) is 0 Å². The smallest absolute Gasteiger partial charge is 0.276 e. The highest BCUT2D eigenvalue weighted by Gasteiger charge is 2.10. The Morgan fingerprint density at radius 1 is 1.48 bits per heavy atom. The second kappa shape index (κ2) is 6.47. The number of hydrogen-bond donors (Lipinski definition) is 2. The summed E-state index contributed by atoms with van der Waals surface area (Å²) in [7, 11) is 0. The number of nitro groups is 1. The first-order valence-corrected chi connectivity index (χ1v) is 6.37. The van der Waals surface area contributed by atoms with Crippen LogP contribution in [0.25, 0.3) is 6.08 Å². The summed E-state index contributed by atoms with van der Waals surface area (Å²) in [5.41, 5.74) is 1.23. The van der Waals surface area contributed by atoms with Gasteiger partial charge < -0.3 is 5.32 Å². The fourth-order valence-corrected chi connectivity index (χ4v) is 1.73. The zero-order chi connectivity index (χ0) is 15.2. The largest absolute Gasteiger partial charge is 0.306 e. The van der Waals surface area contributed by atoms with Crippen LogP contribution in [0, 0.1) is 10.1 Å². The van der Waals surface area contributed by atoms with Crippen LogP contribution in [-0.4, -0.2) is 21.0 Å². The predicted molar refractivity (Wildman–Crippen MR) is 78.7 cm³/mol. The molecule has 7 heteroatoms. The van der Waals surface area contributed by atoms with Crippen molar-refractivity contribution >= 4 is 23.5 Å². The number of benzene rings is 1. The van der Waals surface area contributed by atoms with E-state index in [9.17, 15) is 14.9 Å². The third-order valence-corrected chi connectivity index (χ3v) is 2.81. The Kier molecular flexibility index (Phi) is 4.45. The Morgan fingerprint density at radius 3 is 2.90 bits per heavy atom. The van der Waals surface area contributed by atoms with Crippen LogP contribution in [0.2, 0.25) is 0 Å². The van der Waals surface area contributed by atoms with Crippen LogP contribution < -0.4 is 5.32 Å². The molecule has 2 aromatic rings. The van der Waals surface area contributed by atoms with E-state index in [0.29, 0.717) is 11.4 Å². The van der Waals surface area contributed by atoms with Crippen molar-refractivity contribution in [2.45, 2.75) is 13.3 Å². The molecule has 7 nitrogen and oxygen atoms in total. The number of nitro benzene ring substituents is 1. The second-order valence-electron chi connectivity index (χ2n) is 4.27. The predicted octanol–water partition coefficient (Wildman–Crippen LogP) is 2.53. The summed E-state index contributed by atoms with van der Waals surface area (Å²) in [6.45, 7) is 1.97. The number of nitrogens with one attached hydrogen (secondary N) is 2. The molecule has 2 rings (SSSR count). The van der Waals surface area contributed by atoms with Gasteiger partial charge in [0.25, 0.3) is 5.69 Å². The van der Waals surface area contributed by atoms with Crippen LogP contribution in [0.1, 0.15) is 18.2 Å². The molecule has 0 radical (unpaired) electrons. The molecule has 1 heterocycles. The van der Waals surface area contributed by atoms with Crippen LogP contribution in [-0.2, 0) is 11.2 Å². The fraction of sp³-hybridized carbons (Fsp3) is 0.143. The van der Waals surface area contributed by atoms with Gasteiger partial charge in [-0.15, -0.1) is 0 Å². The van der Waals surface area contributed by atoms with Gasteiger partial charge in [-0.1, -0.05) is 19.1 Å². The summed E-state index contributed by atoms with van der Waals surface area (Å²) in [6.07, 6.45) is 3.43. The molecule has 0 aliphatic rings. The minimum absolute atomic E-state index is 0.0467. The van der Waals surface area contributed by atoms with Crippen molar-refractivity contribution in [3.05, 3.63) is 57.8 Å². The van der Waals surface area contributed by atoms with Gasteiger partial charge in [-0.3, -0.25) is 20.0 Å². The van der Waals surface area contributed by atoms with E-state index in [1.807, 2.05) is 6.92 Å². The van der Waals surface area contributed by atoms with Gasteiger partial charge in [0.15, 0.2) is 5.82 Å². The molecular weight excluding hydrogens is 272 g/mol. The van der Waals surface area contributed by atoms with Gasteiger partial charge in [0.2, 0.25) is 5.91 Å².